The van der Waals surface area contributed by atoms with E-state index in [2.05, 4.69) is 217 Å². The first kappa shape index (κ1) is 38.2. The molecule has 3 nitrogen and oxygen atoms in total. The molecule has 0 atom stereocenters. The van der Waals surface area contributed by atoms with Gasteiger partial charge in [0.15, 0.2) is 5.82 Å². The van der Waals surface area contributed by atoms with E-state index < -0.39 is 5.41 Å². The lowest BCUT2D eigenvalue weighted by molar-refractivity contribution is 0.770. The Kier molecular flexibility index (Phi) is 9.39. The molecule has 2 aromatic heterocycles. The average molecular weight is 828 g/mol. The smallest absolute Gasteiger partial charge is 0.160 e. The normalized spacial score (nSPS) is 12.4. The Morgan fingerprint density at radius 2 is 0.846 bits per heavy atom. The second-order valence-electron chi connectivity index (χ2n) is 16.7. The van der Waals surface area contributed by atoms with Crippen molar-refractivity contribution in [1.29, 1.82) is 0 Å². The maximum absolute atomic E-state index is 5.26. The van der Waals surface area contributed by atoms with Crippen LogP contribution in [0.3, 0.4) is 0 Å². The van der Waals surface area contributed by atoms with Crippen molar-refractivity contribution in [2.45, 2.75) is 5.41 Å². The average Bonchev–Trinajstić information content (AvgIpc) is 3.71. The van der Waals surface area contributed by atoms with Crippen LogP contribution in [0.25, 0.3) is 89.2 Å². The van der Waals surface area contributed by atoms with Gasteiger partial charge in [-0.15, -0.1) is 0 Å². The molecule has 0 aliphatic heterocycles. The summed E-state index contributed by atoms with van der Waals surface area (Å²) in [6.45, 7) is 0. The van der Waals surface area contributed by atoms with Gasteiger partial charge in [-0.05, 0) is 90.2 Å². The maximum Gasteiger partial charge on any atom is 0.160 e. The Labute approximate surface area is 379 Å². The zero-order chi connectivity index (χ0) is 43.2. The van der Waals surface area contributed by atoms with Gasteiger partial charge in [-0.3, -0.25) is 4.98 Å². The van der Waals surface area contributed by atoms with E-state index in [4.69, 9.17) is 9.97 Å². The van der Waals surface area contributed by atoms with Crippen LogP contribution in [-0.2, 0) is 5.41 Å². The Balaban J connectivity index is 0.976. The summed E-state index contributed by atoms with van der Waals surface area (Å²) in [5, 5.41) is 2.30. The van der Waals surface area contributed by atoms with Gasteiger partial charge in [0, 0.05) is 34.6 Å². The van der Waals surface area contributed by atoms with E-state index in [1.807, 2.05) is 30.5 Å². The third-order valence-electron chi connectivity index (χ3n) is 13.1. The zero-order valence-corrected chi connectivity index (χ0v) is 35.5. The predicted molar refractivity (Wildman–Crippen MR) is 267 cm³/mol. The molecule has 0 fully saturated rings. The van der Waals surface area contributed by atoms with Crippen molar-refractivity contribution < 1.29 is 0 Å². The van der Waals surface area contributed by atoms with Crippen LogP contribution in [0, 0.1) is 0 Å². The van der Waals surface area contributed by atoms with E-state index in [0.29, 0.717) is 5.82 Å². The fourth-order valence-electron chi connectivity index (χ4n) is 10.2. The number of fused-ring (bicyclic) bond motifs is 4. The highest BCUT2D eigenvalue weighted by atomic mass is 14.9. The van der Waals surface area contributed by atoms with E-state index in [-0.39, 0.29) is 0 Å². The Hall–Kier alpha value is -8.53. The van der Waals surface area contributed by atoms with Crippen LogP contribution in [-0.4, -0.2) is 15.0 Å². The lowest BCUT2D eigenvalue weighted by Crippen LogP contribution is -2.29. The summed E-state index contributed by atoms with van der Waals surface area (Å²) in [4.78, 5) is 14.8. The topological polar surface area (TPSA) is 38.7 Å². The lowest BCUT2D eigenvalue weighted by Gasteiger charge is -2.35. The van der Waals surface area contributed by atoms with Gasteiger partial charge >= 0.3 is 0 Å². The van der Waals surface area contributed by atoms with Crippen LogP contribution < -0.4 is 0 Å². The van der Waals surface area contributed by atoms with Crippen molar-refractivity contribution in [3.05, 3.63) is 271 Å². The van der Waals surface area contributed by atoms with E-state index in [1.54, 1.807) is 6.20 Å². The van der Waals surface area contributed by atoms with Gasteiger partial charge in [-0.2, -0.15) is 0 Å². The van der Waals surface area contributed by atoms with E-state index in [0.717, 1.165) is 50.2 Å². The molecule has 2 heterocycles. The molecular weight excluding hydrogens is 787 g/mol. The molecular formula is C62H41N3. The summed E-state index contributed by atoms with van der Waals surface area (Å²) in [6.07, 6.45) is 3.70. The summed E-state index contributed by atoms with van der Waals surface area (Å²) >= 11 is 0. The van der Waals surface area contributed by atoms with Crippen LogP contribution in [0.15, 0.2) is 249 Å². The fraction of sp³-hybridized carbons (Fsp3) is 0.0161. The van der Waals surface area contributed by atoms with Crippen LogP contribution in [0.2, 0.25) is 0 Å². The molecule has 1 aliphatic rings. The fourth-order valence-corrected chi connectivity index (χ4v) is 10.2. The molecule has 0 radical (unpaired) electrons. The van der Waals surface area contributed by atoms with Crippen LogP contribution >= 0.6 is 0 Å². The van der Waals surface area contributed by atoms with Gasteiger partial charge in [0.05, 0.1) is 16.8 Å². The molecule has 1 aliphatic carbocycles. The summed E-state index contributed by atoms with van der Waals surface area (Å²) in [5.41, 5.74) is 18.9. The first-order valence-electron chi connectivity index (χ1n) is 22.2. The molecule has 0 bridgehead atoms. The van der Waals surface area contributed by atoms with Gasteiger partial charge < -0.3 is 0 Å². The zero-order valence-electron chi connectivity index (χ0n) is 35.5. The van der Waals surface area contributed by atoms with Crippen molar-refractivity contribution in [3.63, 3.8) is 0 Å². The van der Waals surface area contributed by atoms with E-state index in [9.17, 15) is 0 Å². The summed E-state index contributed by atoms with van der Waals surface area (Å²) < 4.78 is 0. The molecule has 12 rings (SSSR count). The molecule has 9 aromatic carbocycles. The highest BCUT2D eigenvalue weighted by Crippen LogP contribution is 2.58. The molecule has 65 heavy (non-hydrogen) atoms. The monoisotopic (exact) mass is 827 g/mol. The minimum Gasteiger partial charge on any atom is -0.264 e. The van der Waals surface area contributed by atoms with Gasteiger partial charge in [-0.1, -0.05) is 218 Å². The quantitative estimate of drug-likeness (QED) is 0.153. The molecule has 0 unspecified atom stereocenters. The number of benzene rings is 9. The van der Waals surface area contributed by atoms with Gasteiger partial charge in [-0.25, -0.2) is 9.97 Å². The molecule has 0 saturated carbocycles. The number of hydrogen-bond donors (Lipinski definition) is 0. The van der Waals surface area contributed by atoms with Crippen LogP contribution in [0.4, 0.5) is 0 Å². The minimum atomic E-state index is -0.487. The Morgan fingerprint density at radius 3 is 1.57 bits per heavy atom. The van der Waals surface area contributed by atoms with Gasteiger partial charge in [0.1, 0.15) is 0 Å². The van der Waals surface area contributed by atoms with Crippen molar-refractivity contribution in [2.24, 2.45) is 0 Å². The lowest BCUT2D eigenvalue weighted by atomic mass is 9.66. The number of nitrogens with zero attached hydrogens (tertiary/aromatic N) is 3. The summed E-state index contributed by atoms with van der Waals surface area (Å²) in [7, 11) is 0. The Bertz CT molecular complexity index is 3470. The SMILES string of the molecule is c1ccc(-c2nc(-c3cccc(-c4cccnc4)c3)cc(-c3ccc(-c4ccc(-c5cccc6c5C(c5ccccc5)(c5ccccc5)c5ccccc5-6)cc4)c4ccccc34)n2)cc1. The number of hydrogen-bond acceptors (Lipinski definition) is 3. The first-order chi connectivity index (χ1) is 32.2. The number of pyridine rings is 1. The summed E-state index contributed by atoms with van der Waals surface area (Å²) in [6, 6.07) is 85.2. The molecule has 0 saturated heterocycles. The minimum absolute atomic E-state index is 0.487. The molecule has 11 aromatic rings. The number of aromatic nitrogens is 3. The third-order valence-corrected chi connectivity index (χ3v) is 13.1. The molecule has 0 spiro atoms. The van der Waals surface area contributed by atoms with E-state index in [1.165, 1.54) is 55.5 Å². The predicted octanol–water partition coefficient (Wildman–Crippen LogP) is 15.4. The number of rotatable bonds is 8. The van der Waals surface area contributed by atoms with Crippen molar-refractivity contribution in [2.75, 3.05) is 0 Å². The third kappa shape index (κ3) is 6.48. The summed E-state index contributed by atoms with van der Waals surface area (Å²) in [5.74, 6) is 0.688. The van der Waals surface area contributed by atoms with Crippen molar-refractivity contribution >= 4 is 10.8 Å². The highest BCUT2D eigenvalue weighted by molar-refractivity contribution is 6.05. The molecule has 0 amide bonds. The molecule has 3 heteroatoms. The Morgan fingerprint density at radius 1 is 0.308 bits per heavy atom. The second-order valence-corrected chi connectivity index (χ2v) is 16.7. The molecule has 304 valence electrons. The van der Waals surface area contributed by atoms with Gasteiger partial charge in [0.25, 0.3) is 0 Å². The van der Waals surface area contributed by atoms with E-state index >= 15 is 0 Å². The maximum atomic E-state index is 5.26. The largest absolute Gasteiger partial charge is 0.264 e. The van der Waals surface area contributed by atoms with Crippen molar-refractivity contribution in [1.82, 2.24) is 15.0 Å². The van der Waals surface area contributed by atoms with Crippen LogP contribution in [0.1, 0.15) is 22.3 Å². The highest BCUT2D eigenvalue weighted by Gasteiger charge is 2.47. The molecule has 0 N–H and O–H groups in total. The van der Waals surface area contributed by atoms with Gasteiger partial charge in [0.2, 0.25) is 0 Å². The second kappa shape index (κ2) is 16.0. The standard InChI is InChI=1S/C62H41N3/c1-4-17-44(18-5-1)61-64-58(46-20-14-19-45(39-46)47-21-16-38-63-41-47)40-59(65-61)55-37-36-50(52-26-10-11-27-53(52)55)42-32-34-43(35-33-42)51-29-15-30-56-54-28-12-13-31-57(54)62(60(51)56,48-22-6-2-7-23-48)49-24-8-3-9-25-49/h1-41H. The van der Waals surface area contributed by atoms with Crippen LogP contribution in [0.5, 0.6) is 0 Å². The first-order valence-corrected chi connectivity index (χ1v) is 22.2. The van der Waals surface area contributed by atoms with Crippen molar-refractivity contribution in [3.8, 4) is 78.4 Å².